The minimum Gasteiger partial charge on any atom is -0.316 e. The van der Waals surface area contributed by atoms with Gasteiger partial charge >= 0.3 is 0 Å². The van der Waals surface area contributed by atoms with Gasteiger partial charge in [-0.05, 0) is 45.1 Å². The van der Waals surface area contributed by atoms with E-state index < -0.39 is 0 Å². The lowest BCUT2D eigenvalue weighted by Crippen LogP contribution is -2.36. The molecule has 0 amide bonds. The lowest BCUT2D eigenvalue weighted by molar-refractivity contribution is 0.266. The minimum absolute atomic E-state index is 0.472. The largest absolute Gasteiger partial charge is 0.316 e. The summed E-state index contributed by atoms with van der Waals surface area (Å²) in [7, 11) is 0. The van der Waals surface area contributed by atoms with Gasteiger partial charge in [-0.3, -0.25) is 0 Å². The normalized spacial score (nSPS) is 17.0. The van der Waals surface area contributed by atoms with Crippen molar-refractivity contribution in [3.8, 4) is 0 Å². The van der Waals surface area contributed by atoms with Gasteiger partial charge in [0.2, 0.25) is 0 Å². The summed E-state index contributed by atoms with van der Waals surface area (Å²) in [5.74, 6) is 0. The third-order valence-electron chi connectivity index (χ3n) is 4.14. The van der Waals surface area contributed by atoms with Crippen molar-refractivity contribution >= 4 is 0 Å². The zero-order valence-corrected chi connectivity index (χ0v) is 12.1. The minimum atomic E-state index is 0.472. The maximum Gasteiger partial charge on any atom is 0.00451 e. The third kappa shape index (κ3) is 4.13. The van der Waals surface area contributed by atoms with Crippen molar-refractivity contribution in [1.29, 1.82) is 0 Å². The summed E-state index contributed by atoms with van der Waals surface area (Å²) >= 11 is 0. The van der Waals surface area contributed by atoms with Gasteiger partial charge < -0.3 is 5.32 Å². The van der Waals surface area contributed by atoms with Crippen molar-refractivity contribution in [1.82, 2.24) is 5.32 Å². The van der Waals surface area contributed by atoms with Crippen LogP contribution < -0.4 is 5.32 Å². The Morgan fingerprint density at radius 2 is 1.82 bits per heavy atom. The highest BCUT2D eigenvalue weighted by Gasteiger charge is 2.32. The number of allylic oxidation sites excluding steroid dienone is 1. The molecule has 0 fully saturated rings. The van der Waals surface area contributed by atoms with Crippen molar-refractivity contribution in [2.75, 3.05) is 13.1 Å². The molecule has 0 aromatic rings. The summed E-state index contributed by atoms with van der Waals surface area (Å²) in [6.45, 7) is 9.18. The third-order valence-corrected chi connectivity index (χ3v) is 4.14. The molecule has 1 nitrogen and oxygen atoms in total. The smallest absolute Gasteiger partial charge is 0.00451 e. The van der Waals surface area contributed by atoms with Crippen LogP contribution in [0, 0.1) is 5.41 Å². The molecule has 1 N–H and O–H groups in total. The first-order chi connectivity index (χ1) is 8.29. The van der Waals surface area contributed by atoms with Gasteiger partial charge in [-0.1, -0.05) is 45.3 Å². The molecule has 0 spiro atoms. The molecule has 0 aliphatic heterocycles. The zero-order chi connectivity index (χ0) is 12.6. The Hall–Kier alpha value is -0.300. The molecule has 0 unspecified atom stereocenters. The molecule has 0 radical (unpaired) electrons. The predicted molar refractivity (Wildman–Crippen MR) is 77.3 cm³/mol. The molecule has 17 heavy (non-hydrogen) atoms. The first-order valence-corrected chi connectivity index (χ1v) is 7.69. The Morgan fingerprint density at radius 1 is 1.12 bits per heavy atom. The fourth-order valence-corrected chi connectivity index (χ4v) is 3.38. The maximum atomic E-state index is 3.62. The van der Waals surface area contributed by atoms with E-state index in [1.807, 2.05) is 0 Å². The van der Waals surface area contributed by atoms with Gasteiger partial charge in [-0.15, -0.1) is 0 Å². The van der Waals surface area contributed by atoms with Crippen LogP contribution in [0.2, 0.25) is 0 Å². The number of hydrogen-bond donors (Lipinski definition) is 1. The van der Waals surface area contributed by atoms with Crippen LogP contribution in [0.4, 0.5) is 0 Å². The molecule has 1 aliphatic rings. The van der Waals surface area contributed by atoms with Crippen LogP contribution in [0.3, 0.4) is 0 Å². The molecule has 1 aliphatic carbocycles. The SMILES string of the molecule is CCCC(CCC)(CNCC)C1=CCCCC1. The summed E-state index contributed by atoms with van der Waals surface area (Å²) in [4.78, 5) is 0. The Morgan fingerprint density at radius 3 is 2.29 bits per heavy atom. The molecule has 0 saturated heterocycles. The van der Waals surface area contributed by atoms with Crippen LogP contribution in [0.15, 0.2) is 11.6 Å². The van der Waals surface area contributed by atoms with E-state index in [-0.39, 0.29) is 0 Å². The average Bonchev–Trinajstić information content (AvgIpc) is 2.37. The van der Waals surface area contributed by atoms with Crippen LogP contribution in [0.5, 0.6) is 0 Å². The molecule has 1 rings (SSSR count). The molecule has 0 bridgehead atoms. The first-order valence-electron chi connectivity index (χ1n) is 7.69. The molecular formula is C16H31N. The fraction of sp³-hybridized carbons (Fsp3) is 0.875. The van der Waals surface area contributed by atoms with Crippen molar-refractivity contribution in [3.63, 3.8) is 0 Å². The second-order valence-corrected chi connectivity index (χ2v) is 5.54. The van der Waals surface area contributed by atoms with Crippen LogP contribution in [0.1, 0.15) is 72.1 Å². The summed E-state index contributed by atoms with van der Waals surface area (Å²) < 4.78 is 0. The number of nitrogens with one attached hydrogen (secondary N) is 1. The quantitative estimate of drug-likeness (QED) is 0.604. The Balaban J connectivity index is 2.81. The van der Waals surface area contributed by atoms with Crippen molar-refractivity contribution in [3.05, 3.63) is 11.6 Å². The summed E-state index contributed by atoms with van der Waals surface area (Å²) in [5.41, 5.74) is 2.24. The lowest BCUT2D eigenvalue weighted by Gasteiger charge is -2.38. The number of hydrogen-bond acceptors (Lipinski definition) is 1. The first kappa shape index (κ1) is 14.8. The monoisotopic (exact) mass is 237 g/mol. The van der Waals surface area contributed by atoms with Crippen molar-refractivity contribution in [2.45, 2.75) is 72.1 Å². The van der Waals surface area contributed by atoms with Crippen molar-refractivity contribution in [2.24, 2.45) is 5.41 Å². The van der Waals surface area contributed by atoms with Crippen LogP contribution >= 0.6 is 0 Å². The van der Waals surface area contributed by atoms with Crippen LogP contribution in [-0.2, 0) is 0 Å². The Labute approximate surface area is 108 Å². The van der Waals surface area contributed by atoms with Crippen LogP contribution in [0.25, 0.3) is 0 Å². The Kier molecular flexibility index (Phi) is 6.87. The predicted octanol–water partition coefficient (Wildman–Crippen LogP) is 4.68. The van der Waals surface area contributed by atoms with E-state index in [0.717, 1.165) is 6.54 Å². The fourth-order valence-electron chi connectivity index (χ4n) is 3.38. The summed E-state index contributed by atoms with van der Waals surface area (Å²) in [6, 6.07) is 0. The zero-order valence-electron chi connectivity index (χ0n) is 12.1. The van der Waals surface area contributed by atoms with E-state index in [4.69, 9.17) is 0 Å². The van der Waals surface area contributed by atoms with Gasteiger partial charge in [0.25, 0.3) is 0 Å². The second kappa shape index (κ2) is 7.92. The second-order valence-electron chi connectivity index (χ2n) is 5.54. The average molecular weight is 237 g/mol. The lowest BCUT2D eigenvalue weighted by atomic mass is 9.69. The van der Waals surface area contributed by atoms with E-state index in [0.29, 0.717) is 5.41 Å². The highest BCUT2D eigenvalue weighted by molar-refractivity contribution is 5.17. The molecule has 0 heterocycles. The van der Waals surface area contributed by atoms with Gasteiger partial charge in [0.15, 0.2) is 0 Å². The Bertz CT molecular complexity index is 224. The molecular weight excluding hydrogens is 206 g/mol. The van der Waals surface area contributed by atoms with Gasteiger partial charge in [-0.25, -0.2) is 0 Å². The number of rotatable bonds is 8. The molecule has 1 heteroatoms. The highest BCUT2D eigenvalue weighted by atomic mass is 14.9. The van der Waals surface area contributed by atoms with E-state index >= 15 is 0 Å². The van der Waals surface area contributed by atoms with E-state index in [1.54, 1.807) is 5.57 Å². The standard InChI is InChI=1S/C16H31N/c1-4-12-16(13-5-2,14-17-6-3)15-10-8-7-9-11-15/h10,17H,4-9,11-14H2,1-3H3. The van der Waals surface area contributed by atoms with Crippen molar-refractivity contribution < 1.29 is 0 Å². The molecule has 0 aromatic heterocycles. The molecule has 0 aromatic carbocycles. The highest BCUT2D eigenvalue weighted by Crippen LogP contribution is 2.41. The topological polar surface area (TPSA) is 12.0 Å². The van der Waals surface area contributed by atoms with Gasteiger partial charge in [0, 0.05) is 12.0 Å². The maximum absolute atomic E-state index is 3.62. The van der Waals surface area contributed by atoms with E-state index in [9.17, 15) is 0 Å². The van der Waals surface area contributed by atoms with Gasteiger partial charge in [0.05, 0.1) is 0 Å². The van der Waals surface area contributed by atoms with Crippen LogP contribution in [-0.4, -0.2) is 13.1 Å². The summed E-state index contributed by atoms with van der Waals surface area (Å²) in [6.07, 6.45) is 13.4. The van der Waals surface area contributed by atoms with E-state index in [2.05, 4.69) is 32.2 Å². The molecule has 0 atom stereocenters. The van der Waals surface area contributed by atoms with Gasteiger partial charge in [0.1, 0.15) is 0 Å². The van der Waals surface area contributed by atoms with Gasteiger partial charge in [-0.2, -0.15) is 0 Å². The molecule has 0 saturated carbocycles. The van der Waals surface area contributed by atoms with E-state index in [1.165, 1.54) is 57.9 Å². The molecule has 100 valence electrons. The summed E-state index contributed by atoms with van der Waals surface area (Å²) in [5, 5.41) is 3.62.